The first-order valence-electron chi connectivity index (χ1n) is 9.07. The third-order valence-corrected chi connectivity index (χ3v) is 5.11. The van der Waals surface area contributed by atoms with Gasteiger partial charge in [0.2, 0.25) is 12.0 Å². The van der Waals surface area contributed by atoms with Crippen LogP contribution in [0.2, 0.25) is 0 Å². The molecule has 2 heterocycles. The fraction of sp³-hybridized carbons (Fsp3) is 0.250. The average Bonchev–Trinajstić information content (AvgIpc) is 3.32. The fourth-order valence-corrected chi connectivity index (χ4v) is 3.61. The number of methoxy groups -OCH3 is 3. The van der Waals surface area contributed by atoms with Crippen LogP contribution in [-0.4, -0.2) is 49.9 Å². The van der Waals surface area contributed by atoms with Crippen molar-refractivity contribution in [2.24, 2.45) is 11.1 Å². The fourth-order valence-electron chi connectivity index (χ4n) is 3.61. The zero-order chi connectivity index (χ0) is 22.3. The number of imide groups is 1. The van der Waals surface area contributed by atoms with E-state index in [9.17, 15) is 19.7 Å². The van der Waals surface area contributed by atoms with Crippen molar-refractivity contribution in [1.82, 2.24) is 0 Å². The molecule has 4 rings (SSSR count). The van der Waals surface area contributed by atoms with Crippen molar-refractivity contribution < 1.29 is 33.6 Å². The molecule has 2 aromatic carbocycles. The van der Waals surface area contributed by atoms with Gasteiger partial charge in [-0.3, -0.25) is 19.7 Å². The largest absolute Gasteiger partial charge is 0.497 e. The Morgan fingerprint density at radius 1 is 1.00 bits per heavy atom. The Labute approximate surface area is 175 Å². The normalized spacial score (nSPS) is 19.6. The molecule has 0 aliphatic carbocycles. The summed E-state index contributed by atoms with van der Waals surface area (Å²) >= 11 is 0. The molecule has 1 saturated heterocycles. The highest BCUT2D eigenvalue weighted by Crippen LogP contribution is 2.41. The second kappa shape index (κ2) is 7.59. The zero-order valence-corrected chi connectivity index (χ0v) is 16.7. The van der Waals surface area contributed by atoms with Crippen LogP contribution in [0.15, 0.2) is 41.6 Å². The smallest absolute Gasteiger partial charge is 0.279 e. The number of hydrogen-bond donors (Lipinski definition) is 0. The van der Waals surface area contributed by atoms with Crippen LogP contribution in [0.1, 0.15) is 5.56 Å². The number of benzene rings is 2. The Bertz CT molecular complexity index is 1130. The minimum Gasteiger partial charge on any atom is -0.497 e. The average molecular weight is 427 g/mol. The number of amides is 2. The Balaban J connectivity index is 1.76. The molecule has 2 aromatic rings. The summed E-state index contributed by atoms with van der Waals surface area (Å²) in [6.45, 7) is 0. The van der Waals surface area contributed by atoms with Gasteiger partial charge in [-0.15, -0.1) is 0 Å². The van der Waals surface area contributed by atoms with Gasteiger partial charge in [0.25, 0.3) is 11.6 Å². The van der Waals surface area contributed by atoms with E-state index in [1.54, 1.807) is 18.2 Å². The summed E-state index contributed by atoms with van der Waals surface area (Å²) < 4.78 is 15.8. The van der Waals surface area contributed by atoms with Crippen LogP contribution in [0.5, 0.6) is 17.2 Å². The summed E-state index contributed by atoms with van der Waals surface area (Å²) in [6, 6.07) is 8.59. The Kier molecular flexibility index (Phi) is 4.93. The Morgan fingerprint density at radius 2 is 1.74 bits per heavy atom. The highest BCUT2D eigenvalue weighted by Gasteiger charge is 2.57. The van der Waals surface area contributed by atoms with Crippen molar-refractivity contribution in [3.8, 4) is 17.2 Å². The molecule has 0 bridgehead atoms. The maximum Gasteiger partial charge on any atom is 0.279 e. The number of nitro benzene ring substituents is 1. The Morgan fingerprint density at radius 3 is 2.39 bits per heavy atom. The number of nitrogens with zero attached hydrogens (tertiary/aromatic N) is 3. The third kappa shape index (κ3) is 3.10. The van der Waals surface area contributed by atoms with Gasteiger partial charge >= 0.3 is 0 Å². The maximum absolute atomic E-state index is 13.3. The van der Waals surface area contributed by atoms with E-state index < -0.39 is 28.8 Å². The Hall–Kier alpha value is -4.15. The van der Waals surface area contributed by atoms with Crippen molar-refractivity contribution in [1.29, 1.82) is 0 Å². The molecule has 11 heteroatoms. The summed E-state index contributed by atoms with van der Waals surface area (Å²) in [5.74, 6) is -1.32. The van der Waals surface area contributed by atoms with Crippen LogP contribution < -0.4 is 19.1 Å². The molecule has 0 N–H and O–H groups in total. The second-order valence-corrected chi connectivity index (χ2v) is 6.67. The zero-order valence-electron chi connectivity index (χ0n) is 16.7. The monoisotopic (exact) mass is 427 g/mol. The predicted octanol–water partition coefficient (Wildman–Crippen LogP) is 1.91. The van der Waals surface area contributed by atoms with Gasteiger partial charge in [-0.2, -0.15) is 0 Å². The van der Waals surface area contributed by atoms with Crippen molar-refractivity contribution in [3.63, 3.8) is 0 Å². The molecule has 2 aliphatic heterocycles. The number of fused-ring (bicyclic) bond motifs is 1. The van der Waals surface area contributed by atoms with Gasteiger partial charge in [-0.25, -0.2) is 4.90 Å². The predicted molar refractivity (Wildman–Crippen MR) is 107 cm³/mol. The van der Waals surface area contributed by atoms with E-state index >= 15 is 0 Å². The molecule has 1 fully saturated rings. The topological polar surface area (TPSA) is 130 Å². The molecule has 0 unspecified atom stereocenters. The van der Waals surface area contributed by atoms with E-state index in [2.05, 4.69) is 5.16 Å². The van der Waals surface area contributed by atoms with Crippen molar-refractivity contribution >= 4 is 28.9 Å². The first-order valence-corrected chi connectivity index (χ1v) is 9.07. The van der Waals surface area contributed by atoms with Crippen LogP contribution in [0.4, 0.5) is 11.4 Å². The number of nitro groups is 1. The van der Waals surface area contributed by atoms with Gasteiger partial charge in [0, 0.05) is 23.8 Å². The second-order valence-electron chi connectivity index (χ2n) is 6.67. The van der Waals surface area contributed by atoms with Gasteiger partial charge < -0.3 is 19.0 Å². The molecule has 0 aromatic heterocycles. The van der Waals surface area contributed by atoms with Gasteiger partial charge in [-0.1, -0.05) is 5.16 Å². The summed E-state index contributed by atoms with van der Waals surface area (Å²) in [5, 5.41) is 15.2. The van der Waals surface area contributed by atoms with E-state index in [-0.39, 0.29) is 22.8 Å². The number of carbonyl (C=O) groups excluding carboxylic acids is 2. The van der Waals surface area contributed by atoms with E-state index in [1.807, 2.05) is 0 Å². The molecule has 2 aliphatic rings. The molecule has 0 spiro atoms. The van der Waals surface area contributed by atoms with Crippen molar-refractivity contribution in [3.05, 3.63) is 52.1 Å². The van der Waals surface area contributed by atoms with Gasteiger partial charge in [0.1, 0.15) is 34.6 Å². The van der Waals surface area contributed by atoms with Crippen LogP contribution in [0.3, 0.4) is 0 Å². The number of anilines is 1. The van der Waals surface area contributed by atoms with Crippen molar-refractivity contribution in [2.45, 2.75) is 6.10 Å². The first kappa shape index (κ1) is 20.1. The van der Waals surface area contributed by atoms with E-state index in [1.165, 1.54) is 33.5 Å². The maximum atomic E-state index is 13.3. The quantitative estimate of drug-likeness (QED) is 0.388. The minimum atomic E-state index is -1.20. The van der Waals surface area contributed by atoms with Gasteiger partial charge in [-0.05, 0) is 18.2 Å². The first-order chi connectivity index (χ1) is 14.9. The van der Waals surface area contributed by atoms with Crippen LogP contribution in [0.25, 0.3) is 0 Å². The number of hydrogen-bond acceptors (Lipinski definition) is 9. The molecule has 11 nitrogen and oxygen atoms in total. The van der Waals surface area contributed by atoms with Crippen LogP contribution in [-0.2, 0) is 14.4 Å². The summed E-state index contributed by atoms with van der Waals surface area (Å²) in [6.07, 6.45) is -1.20. The lowest BCUT2D eigenvalue weighted by atomic mass is 9.93. The van der Waals surface area contributed by atoms with E-state index in [0.29, 0.717) is 17.1 Å². The third-order valence-electron chi connectivity index (χ3n) is 5.11. The number of oxime groups is 1. The summed E-state index contributed by atoms with van der Waals surface area (Å²) in [4.78, 5) is 43.0. The van der Waals surface area contributed by atoms with Crippen molar-refractivity contribution in [2.75, 3.05) is 26.2 Å². The number of carbonyl (C=O) groups is 2. The lowest BCUT2D eigenvalue weighted by Crippen LogP contribution is -2.33. The van der Waals surface area contributed by atoms with Crippen LogP contribution >= 0.6 is 0 Å². The van der Waals surface area contributed by atoms with Crippen LogP contribution in [0, 0.1) is 16.0 Å². The molecular formula is C20H17N3O8. The molecular weight excluding hydrogens is 410 g/mol. The number of non-ortho nitro benzene ring substituents is 1. The standard InChI is InChI=1S/C20H17N3O8/c1-28-11-5-6-12(15(9-11)30-3)17-16-18(31-21-17)20(25)22(19(16)24)13-8-10(23(26)27)4-7-14(13)29-2/h4-9,16,18H,1-3H3/t16-,18+/m0/s1. The van der Waals surface area contributed by atoms with Gasteiger partial charge in [0.05, 0.1) is 26.3 Å². The number of ether oxygens (including phenoxy) is 3. The summed E-state index contributed by atoms with van der Waals surface area (Å²) in [5.41, 5.74) is 0.352. The lowest BCUT2D eigenvalue weighted by molar-refractivity contribution is -0.384. The molecule has 2 atom stereocenters. The molecule has 31 heavy (non-hydrogen) atoms. The number of rotatable bonds is 6. The minimum absolute atomic E-state index is 0.0363. The molecule has 2 amide bonds. The lowest BCUT2D eigenvalue weighted by Gasteiger charge is -2.18. The van der Waals surface area contributed by atoms with E-state index in [4.69, 9.17) is 19.0 Å². The molecule has 0 radical (unpaired) electrons. The molecule has 160 valence electrons. The SMILES string of the molecule is COc1ccc(C2=NO[C@H]3C(=O)N(c4cc([N+](=O)[O-])ccc4OC)C(=O)[C@@H]23)c(OC)c1. The summed E-state index contributed by atoms with van der Waals surface area (Å²) in [7, 11) is 4.29. The van der Waals surface area contributed by atoms with E-state index in [0.717, 1.165) is 11.0 Å². The highest BCUT2D eigenvalue weighted by atomic mass is 16.7. The highest BCUT2D eigenvalue weighted by molar-refractivity contribution is 6.33. The van der Waals surface area contributed by atoms with Gasteiger partial charge in [0.15, 0.2) is 0 Å². The molecule has 0 saturated carbocycles.